The summed E-state index contributed by atoms with van der Waals surface area (Å²) in [5.74, 6) is -0.223. The van der Waals surface area contributed by atoms with Gasteiger partial charge in [0.15, 0.2) is 0 Å². The molecule has 0 aromatic rings. The average molecular weight is 489 g/mol. The van der Waals surface area contributed by atoms with Gasteiger partial charge in [-0.15, -0.1) is 0 Å². The fourth-order valence-electron chi connectivity index (χ4n) is 10.9. The van der Waals surface area contributed by atoms with Crippen LogP contribution in [0.5, 0.6) is 0 Å². The molecule has 4 saturated carbocycles. The van der Waals surface area contributed by atoms with Crippen molar-refractivity contribution in [3.63, 3.8) is 0 Å². The van der Waals surface area contributed by atoms with E-state index in [-0.39, 0.29) is 34.0 Å². The quantitative estimate of drug-likeness (QED) is 0.382. The largest absolute Gasteiger partial charge is 0.481 e. The number of aliphatic hydroxyl groups excluding tert-OH is 3. The van der Waals surface area contributed by atoms with Crippen LogP contribution in [0.15, 0.2) is 11.6 Å². The molecule has 0 radical (unpaired) electrons. The van der Waals surface area contributed by atoms with Crippen LogP contribution in [0.25, 0.3) is 0 Å². The predicted octanol–water partition coefficient (Wildman–Crippen LogP) is 5.18. The Morgan fingerprint density at radius 2 is 1.37 bits per heavy atom. The van der Waals surface area contributed by atoms with Crippen LogP contribution in [0, 0.1) is 50.2 Å². The third-order valence-electron chi connectivity index (χ3n) is 12.9. The fraction of sp³-hybridized carbons (Fsp3) is 0.900. The minimum Gasteiger partial charge on any atom is -0.481 e. The van der Waals surface area contributed by atoms with Gasteiger partial charge in [0.05, 0.1) is 17.6 Å². The lowest BCUT2D eigenvalue weighted by atomic mass is 9.34. The molecule has 0 spiro atoms. The minimum atomic E-state index is -1.15. The van der Waals surface area contributed by atoms with Gasteiger partial charge < -0.3 is 20.4 Å². The Balaban J connectivity index is 1.62. The van der Waals surface area contributed by atoms with Crippen LogP contribution in [0.3, 0.4) is 0 Å². The molecule has 0 heterocycles. The van der Waals surface area contributed by atoms with Crippen molar-refractivity contribution in [3.05, 3.63) is 11.6 Å². The Morgan fingerprint density at radius 3 is 1.97 bits per heavy atom. The van der Waals surface area contributed by atoms with Crippen LogP contribution in [0.2, 0.25) is 0 Å². The first-order valence-corrected chi connectivity index (χ1v) is 14.0. The van der Waals surface area contributed by atoms with E-state index in [1.54, 1.807) is 0 Å². The fourth-order valence-corrected chi connectivity index (χ4v) is 10.9. The van der Waals surface area contributed by atoms with Crippen LogP contribution >= 0.6 is 0 Å². The molecule has 198 valence electrons. The van der Waals surface area contributed by atoms with E-state index in [1.807, 2.05) is 0 Å². The molecule has 10 atom stereocenters. The second-order valence-corrected chi connectivity index (χ2v) is 15.3. The molecule has 4 fully saturated rings. The second kappa shape index (κ2) is 7.35. The van der Waals surface area contributed by atoms with Gasteiger partial charge in [0.1, 0.15) is 6.10 Å². The maximum Gasteiger partial charge on any atom is 0.310 e. The minimum absolute atomic E-state index is 0.111. The third kappa shape index (κ3) is 3.01. The lowest BCUT2D eigenvalue weighted by Crippen LogP contribution is -2.71. The zero-order valence-corrected chi connectivity index (χ0v) is 22.9. The lowest BCUT2D eigenvalue weighted by molar-refractivity contribution is -0.269. The molecule has 0 bridgehead atoms. The molecular weight excluding hydrogens is 440 g/mol. The van der Waals surface area contributed by atoms with Gasteiger partial charge in [-0.3, -0.25) is 4.79 Å². The molecule has 4 unspecified atom stereocenters. The first-order valence-electron chi connectivity index (χ1n) is 14.0. The monoisotopic (exact) mass is 488 g/mol. The summed E-state index contributed by atoms with van der Waals surface area (Å²) >= 11 is 0. The number of hydrogen-bond donors (Lipinski definition) is 4. The van der Waals surface area contributed by atoms with Crippen molar-refractivity contribution in [1.82, 2.24) is 0 Å². The lowest BCUT2D eigenvalue weighted by Gasteiger charge is -2.71. The van der Waals surface area contributed by atoms with E-state index in [4.69, 9.17) is 0 Å². The molecule has 5 aliphatic rings. The summed E-state index contributed by atoms with van der Waals surface area (Å²) in [6, 6.07) is 0. The van der Waals surface area contributed by atoms with E-state index in [1.165, 1.54) is 5.57 Å². The van der Waals surface area contributed by atoms with Crippen LogP contribution in [0.1, 0.15) is 99.8 Å². The van der Waals surface area contributed by atoms with Gasteiger partial charge in [-0.05, 0) is 90.8 Å². The smallest absolute Gasteiger partial charge is 0.310 e. The molecule has 0 saturated heterocycles. The van der Waals surface area contributed by atoms with Crippen LogP contribution in [0.4, 0.5) is 0 Å². The Kier molecular flexibility index (Phi) is 5.40. The Morgan fingerprint density at radius 1 is 0.800 bits per heavy atom. The van der Waals surface area contributed by atoms with E-state index in [0.29, 0.717) is 6.42 Å². The van der Waals surface area contributed by atoms with Crippen LogP contribution in [-0.2, 0) is 4.79 Å². The van der Waals surface area contributed by atoms with Crippen molar-refractivity contribution in [2.45, 2.75) is 118 Å². The molecule has 5 rings (SSSR count). The molecule has 5 heteroatoms. The Labute approximate surface area is 211 Å². The van der Waals surface area contributed by atoms with Crippen molar-refractivity contribution >= 4 is 5.97 Å². The van der Waals surface area contributed by atoms with Crippen molar-refractivity contribution in [2.24, 2.45) is 50.2 Å². The summed E-state index contributed by atoms with van der Waals surface area (Å²) in [7, 11) is 0. The highest BCUT2D eigenvalue weighted by Gasteiger charge is 2.71. The molecule has 0 aromatic carbocycles. The predicted molar refractivity (Wildman–Crippen MR) is 135 cm³/mol. The Bertz CT molecular complexity index is 952. The maximum atomic E-state index is 12.8. The standard InChI is InChI=1S/C30H48O5/c1-25(2)14-15-30(24(34)35)13-10-18-27(5)11-8-17-26(3,4)22(32)21(31)23(33)29(17,7)19(27)9-12-28(18,6)20(30)16-25/h10,17,19-23,31-33H,8-9,11-16H2,1-7H3,(H,34,35)/t17?,19?,20?,21-,22-,23?,27-,28+,29-,30+/m0/s1. The molecule has 0 aromatic heterocycles. The van der Waals surface area contributed by atoms with E-state index < -0.39 is 40.5 Å². The number of fused-ring (bicyclic) bond motifs is 7. The van der Waals surface area contributed by atoms with E-state index >= 15 is 0 Å². The average Bonchev–Trinajstić information content (AvgIpc) is 2.76. The topological polar surface area (TPSA) is 98.0 Å². The van der Waals surface area contributed by atoms with Gasteiger partial charge in [-0.25, -0.2) is 0 Å². The number of carbonyl (C=O) groups is 1. The van der Waals surface area contributed by atoms with Crippen LogP contribution < -0.4 is 0 Å². The molecule has 0 amide bonds. The van der Waals surface area contributed by atoms with Gasteiger partial charge in [-0.2, -0.15) is 0 Å². The van der Waals surface area contributed by atoms with Crippen molar-refractivity contribution in [3.8, 4) is 0 Å². The van der Waals surface area contributed by atoms with Gasteiger partial charge >= 0.3 is 5.97 Å². The number of aliphatic hydroxyl groups is 3. The van der Waals surface area contributed by atoms with Crippen molar-refractivity contribution in [1.29, 1.82) is 0 Å². The normalized spacial score (nSPS) is 54.4. The second-order valence-electron chi connectivity index (χ2n) is 15.3. The van der Waals surface area contributed by atoms with Gasteiger partial charge in [0.2, 0.25) is 0 Å². The number of carboxylic acids is 1. The SMILES string of the molecule is CC1(C)CC[C@]2(C(=O)O)CC=C3[C@]4(C)CCC5C(C)(C)[C@@H](O)[C@H](O)C(O)[C@]5(C)C4CC[C@@]3(C)C2C1. The van der Waals surface area contributed by atoms with Crippen molar-refractivity contribution in [2.75, 3.05) is 0 Å². The zero-order chi connectivity index (χ0) is 26.0. The summed E-state index contributed by atoms with van der Waals surface area (Å²) < 4.78 is 0. The van der Waals surface area contributed by atoms with Gasteiger partial charge in [0, 0.05) is 5.41 Å². The number of allylic oxidation sites excluding steroid dienone is 2. The number of hydrogen-bond acceptors (Lipinski definition) is 4. The van der Waals surface area contributed by atoms with E-state index in [2.05, 4.69) is 54.5 Å². The number of carboxylic acid groups (broad SMARTS) is 1. The molecular formula is C30H48O5. The summed E-state index contributed by atoms with van der Waals surface area (Å²) in [6.45, 7) is 15.6. The summed E-state index contributed by atoms with van der Waals surface area (Å²) in [5.41, 5.74) is -0.427. The number of rotatable bonds is 1. The third-order valence-corrected chi connectivity index (χ3v) is 12.9. The highest BCUT2D eigenvalue weighted by atomic mass is 16.4. The molecule has 35 heavy (non-hydrogen) atoms. The summed E-state index contributed by atoms with van der Waals surface area (Å²) in [6.07, 6.45) is 6.20. The van der Waals surface area contributed by atoms with Gasteiger partial charge in [-0.1, -0.05) is 60.1 Å². The molecule has 5 nitrogen and oxygen atoms in total. The zero-order valence-electron chi connectivity index (χ0n) is 22.9. The number of aliphatic carboxylic acids is 1. The molecule has 0 aliphatic heterocycles. The highest BCUT2D eigenvalue weighted by molar-refractivity contribution is 5.76. The highest BCUT2D eigenvalue weighted by Crippen LogP contribution is 2.75. The first-order chi connectivity index (χ1) is 16.0. The van der Waals surface area contributed by atoms with Crippen LogP contribution in [-0.4, -0.2) is 44.7 Å². The van der Waals surface area contributed by atoms with E-state index in [0.717, 1.165) is 44.9 Å². The van der Waals surface area contributed by atoms with Gasteiger partial charge in [0.25, 0.3) is 0 Å². The summed E-state index contributed by atoms with van der Waals surface area (Å²) in [4.78, 5) is 12.8. The Hall–Kier alpha value is -0.910. The molecule has 5 aliphatic carbocycles. The molecule has 4 N–H and O–H groups in total. The maximum absolute atomic E-state index is 12.8. The first kappa shape index (κ1) is 25.7. The summed E-state index contributed by atoms with van der Waals surface area (Å²) in [5, 5.41) is 43.9. The van der Waals surface area contributed by atoms with Crippen molar-refractivity contribution < 1.29 is 25.2 Å². The van der Waals surface area contributed by atoms with E-state index in [9.17, 15) is 25.2 Å².